The zero-order chi connectivity index (χ0) is 21.5. The summed E-state index contributed by atoms with van der Waals surface area (Å²) in [7, 11) is 0. The molecule has 7 nitrogen and oxygen atoms in total. The Hall–Kier alpha value is -3.17. The third-order valence-corrected chi connectivity index (χ3v) is 5.17. The van der Waals surface area contributed by atoms with E-state index in [-0.39, 0.29) is 23.5 Å². The van der Waals surface area contributed by atoms with E-state index in [0.717, 1.165) is 29.5 Å². The summed E-state index contributed by atoms with van der Waals surface area (Å²) in [5.41, 5.74) is -1.10. The number of rotatable bonds is 4. The zero-order valence-corrected chi connectivity index (χ0v) is 16.2. The van der Waals surface area contributed by atoms with Crippen molar-refractivity contribution in [3.63, 3.8) is 0 Å². The van der Waals surface area contributed by atoms with Crippen molar-refractivity contribution >= 4 is 0 Å². The molecule has 0 atom stereocenters. The predicted octanol–water partition coefficient (Wildman–Crippen LogP) is 3.03. The minimum atomic E-state index is -4.52. The van der Waals surface area contributed by atoms with Crippen LogP contribution in [-0.2, 0) is 32.1 Å². The number of alkyl halides is 3. The molecule has 0 unspecified atom stereocenters. The van der Waals surface area contributed by atoms with E-state index in [4.69, 9.17) is 4.52 Å². The lowest BCUT2D eigenvalue weighted by Crippen LogP contribution is -2.44. The highest BCUT2D eigenvalue weighted by atomic mass is 19.4. The molecule has 0 saturated carbocycles. The molecule has 0 amide bonds. The van der Waals surface area contributed by atoms with Gasteiger partial charge in [0.25, 0.3) is 5.56 Å². The van der Waals surface area contributed by atoms with Gasteiger partial charge >= 0.3 is 11.9 Å². The van der Waals surface area contributed by atoms with Gasteiger partial charge in [0.15, 0.2) is 0 Å². The number of hydrogen-bond donors (Lipinski definition) is 0. The molecule has 0 radical (unpaired) electrons. The maximum Gasteiger partial charge on any atom is 0.416 e. The summed E-state index contributed by atoms with van der Waals surface area (Å²) >= 11 is 0. The Morgan fingerprint density at radius 2 is 2.00 bits per heavy atom. The fourth-order valence-corrected chi connectivity index (χ4v) is 3.69. The second kappa shape index (κ2) is 7.58. The Bertz CT molecular complexity index is 1210. The van der Waals surface area contributed by atoms with E-state index >= 15 is 0 Å². The van der Waals surface area contributed by atoms with Crippen LogP contribution in [0, 0.1) is 0 Å². The molecule has 1 aliphatic heterocycles. The molecule has 0 aliphatic carbocycles. The number of halogens is 3. The summed E-state index contributed by atoms with van der Waals surface area (Å²) in [5, 5.41) is 3.89. The van der Waals surface area contributed by atoms with E-state index in [1.54, 1.807) is 0 Å². The number of hydrogen-bond acceptors (Lipinski definition) is 5. The fraction of sp³-hybridized carbons (Fsp3) is 0.400. The maximum absolute atomic E-state index is 13.3. The third-order valence-electron chi connectivity index (χ3n) is 5.17. The summed E-state index contributed by atoms with van der Waals surface area (Å²) in [6, 6.07) is 4.60. The molecule has 0 bridgehead atoms. The van der Waals surface area contributed by atoms with E-state index in [0.29, 0.717) is 31.0 Å². The van der Waals surface area contributed by atoms with Crippen LogP contribution in [0.4, 0.5) is 13.2 Å². The van der Waals surface area contributed by atoms with Crippen molar-refractivity contribution < 1.29 is 17.7 Å². The highest BCUT2D eigenvalue weighted by Crippen LogP contribution is 2.29. The largest absolute Gasteiger partial charge is 0.416 e. The second-order valence-electron chi connectivity index (χ2n) is 7.17. The van der Waals surface area contributed by atoms with Crippen LogP contribution < -0.4 is 11.2 Å². The van der Waals surface area contributed by atoms with E-state index < -0.39 is 23.0 Å². The van der Waals surface area contributed by atoms with Crippen LogP contribution in [0.25, 0.3) is 11.4 Å². The van der Waals surface area contributed by atoms with Gasteiger partial charge in [-0.2, -0.15) is 18.2 Å². The maximum atomic E-state index is 13.3. The Morgan fingerprint density at radius 3 is 2.70 bits per heavy atom. The average Bonchev–Trinajstić information content (AvgIpc) is 3.20. The summed E-state index contributed by atoms with van der Waals surface area (Å²) in [4.78, 5) is 30.5. The molecule has 3 heterocycles. The molecule has 1 aliphatic rings. The van der Waals surface area contributed by atoms with Crippen LogP contribution in [-0.4, -0.2) is 19.3 Å². The predicted molar refractivity (Wildman–Crippen MR) is 101 cm³/mol. The van der Waals surface area contributed by atoms with Gasteiger partial charge in [-0.25, -0.2) is 4.79 Å². The minimum Gasteiger partial charge on any atom is -0.339 e. The molecule has 1 aromatic carbocycles. The average molecular weight is 420 g/mol. The van der Waals surface area contributed by atoms with Crippen LogP contribution in [0.1, 0.15) is 42.5 Å². The quantitative estimate of drug-likeness (QED) is 0.648. The van der Waals surface area contributed by atoms with Crippen LogP contribution in [0.15, 0.2) is 38.4 Å². The highest BCUT2D eigenvalue weighted by Gasteiger charge is 2.31. The van der Waals surface area contributed by atoms with Crippen LogP contribution in [0.3, 0.4) is 0 Å². The number of benzene rings is 1. The van der Waals surface area contributed by atoms with Gasteiger partial charge in [-0.15, -0.1) is 0 Å². The van der Waals surface area contributed by atoms with Crippen molar-refractivity contribution in [2.75, 3.05) is 0 Å². The molecule has 0 spiro atoms. The first kappa shape index (κ1) is 20.1. The monoisotopic (exact) mass is 420 g/mol. The molecule has 10 heteroatoms. The third kappa shape index (κ3) is 3.57. The van der Waals surface area contributed by atoms with Crippen LogP contribution in [0.2, 0.25) is 0 Å². The number of fused-ring (bicyclic) bond motifs is 1. The SMILES string of the molecule is CCc1nc(-c2c3n(c(=O)n(Cc4cccc(C(F)(F)F)c4)c2=O)CCCC3)no1. The van der Waals surface area contributed by atoms with Crippen molar-refractivity contribution in [1.29, 1.82) is 0 Å². The lowest BCUT2D eigenvalue weighted by Gasteiger charge is -2.22. The summed E-state index contributed by atoms with van der Waals surface area (Å²) in [6.07, 6.45) is -1.94. The summed E-state index contributed by atoms with van der Waals surface area (Å²) < 4.78 is 46.7. The Kier molecular flexibility index (Phi) is 5.08. The zero-order valence-electron chi connectivity index (χ0n) is 16.2. The Morgan fingerprint density at radius 1 is 1.20 bits per heavy atom. The smallest absolute Gasteiger partial charge is 0.339 e. The van der Waals surface area contributed by atoms with Gasteiger partial charge < -0.3 is 4.52 Å². The standard InChI is InChI=1S/C20H19F3N4O3/c1-2-15-24-17(25-30-15)16-14-8-3-4-9-26(14)19(29)27(18(16)28)11-12-6-5-7-13(10-12)20(21,22)23/h5-7,10H,2-4,8-9,11H2,1H3. The van der Waals surface area contributed by atoms with Gasteiger partial charge in [0.2, 0.25) is 11.7 Å². The lowest BCUT2D eigenvalue weighted by atomic mass is 10.0. The Labute approximate surface area is 168 Å². The summed E-state index contributed by atoms with van der Waals surface area (Å²) in [5.74, 6) is 0.454. The highest BCUT2D eigenvalue weighted by molar-refractivity contribution is 5.57. The van der Waals surface area contributed by atoms with Crippen molar-refractivity contribution in [1.82, 2.24) is 19.3 Å². The first-order valence-electron chi connectivity index (χ1n) is 9.65. The molecular formula is C20H19F3N4O3. The molecule has 0 saturated heterocycles. The van der Waals surface area contributed by atoms with Crippen molar-refractivity contribution in [2.45, 2.75) is 51.9 Å². The van der Waals surface area contributed by atoms with Crippen molar-refractivity contribution in [2.24, 2.45) is 0 Å². The number of nitrogens with zero attached hydrogens (tertiary/aromatic N) is 4. The molecule has 158 valence electrons. The molecule has 4 rings (SSSR count). The molecular weight excluding hydrogens is 401 g/mol. The normalized spacial score (nSPS) is 14.0. The van der Waals surface area contributed by atoms with Gasteiger partial charge in [-0.05, 0) is 37.0 Å². The first-order valence-corrected chi connectivity index (χ1v) is 9.65. The molecule has 0 fully saturated rings. The van der Waals surface area contributed by atoms with Crippen molar-refractivity contribution in [3.05, 3.63) is 67.8 Å². The van der Waals surface area contributed by atoms with Gasteiger partial charge in [0.05, 0.1) is 12.1 Å². The van der Waals surface area contributed by atoms with E-state index in [9.17, 15) is 22.8 Å². The van der Waals surface area contributed by atoms with Gasteiger partial charge in [-0.3, -0.25) is 13.9 Å². The molecule has 2 aromatic heterocycles. The van der Waals surface area contributed by atoms with Gasteiger partial charge in [0, 0.05) is 18.7 Å². The van der Waals surface area contributed by atoms with Crippen LogP contribution in [0.5, 0.6) is 0 Å². The Balaban J connectivity index is 1.88. The van der Waals surface area contributed by atoms with Crippen LogP contribution >= 0.6 is 0 Å². The number of aromatic nitrogens is 4. The second-order valence-corrected chi connectivity index (χ2v) is 7.17. The minimum absolute atomic E-state index is 0.0975. The van der Waals surface area contributed by atoms with Gasteiger partial charge in [-0.1, -0.05) is 24.2 Å². The topological polar surface area (TPSA) is 82.9 Å². The van der Waals surface area contributed by atoms with Gasteiger partial charge in [0.1, 0.15) is 5.56 Å². The fourth-order valence-electron chi connectivity index (χ4n) is 3.69. The first-order chi connectivity index (χ1) is 14.3. The van der Waals surface area contributed by atoms with E-state index in [1.165, 1.54) is 16.7 Å². The lowest BCUT2D eigenvalue weighted by molar-refractivity contribution is -0.137. The molecule has 0 N–H and O–H groups in total. The molecule has 3 aromatic rings. The van der Waals surface area contributed by atoms with Crippen molar-refractivity contribution in [3.8, 4) is 11.4 Å². The van der Waals surface area contributed by atoms with E-state index in [1.807, 2.05) is 6.92 Å². The number of aryl methyl sites for hydroxylation is 1. The summed E-state index contributed by atoms with van der Waals surface area (Å²) in [6.45, 7) is 1.96. The molecule has 30 heavy (non-hydrogen) atoms. The van der Waals surface area contributed by atoms with E-state index in [2.05, 4.69) is 10.1 Å².